The highest BCUT2D eigenvalue weighted by Crippen LogP contribution is 2.47. The number of fused-ring (bicyclic) bond motifs is 2. The van der Waals surface area contributed by atoms with E-state index in [0.717, 1.165) is 11.3 Å². The fourth-order valence-electron chi connectivity index (χ4n) is 3.87. The quantitative estimate of drug-likeness (QED) is 0.325. The molecule has 150 valence electrons. The molecular formula is C18H22ClN5O3S. The Bertz CT molecular complexity index is 1010. The minimum absolute atomic E-state index is 0.0853. The number of hydrogen-bond acceptors (Lipinski definition) is 7. The van der Waals surface area contributed by atoms with Gasteiger partial charge >= 0.3 is 4.87 Å². The van der Waals surface area contributed by atoms with Crippen molar-refractivity contribution in [2.45, 2.75) is 44.3 Å². The van der Waals surface area contributed by atoms with Crippen LogP contribution in [0.3, 0.4) is 0 Å². The summed E-state index contributed by atoms with van der Waals surface area (Å²) >= 11 is 7.36. The van der Waals surface area contributed by atoms with Gasteiger partial charge in [0.25, 0.3) is 5.95 Å². The molecule has 1 aliphatic heterocycles. The van der Waals surface area contributed by atoms with Crippen LogP contribution in [0.1, 0.15) is 26.3 Å². The standard InChI is InChI=1S/C18H22ClN5O3S/c1-6-9-7-10(12-11(9)26-18(2,3)27-12)24-15-13(28-17(24)25)14(19)21-16(22-15)20-8-23(4)5/h6,8-12H,1,7H2,2-5H3/t9-,10+,11+,12-/m0/s1. The highest BCUT2D eigenvalue weighted by molar-refractivity contribution is 7.17. The molecule has 0 aromatic carbocycles. The molecule has 1 saturated carbocycles. The molecule has 0 radical (unpaired) electrons. The van der Waals surface area contributed by atoms with E-state index in [2.05, 4.69) is 21.5 Å². The van der Waals surface area contributed by atoms with E-state index in [1.807, 2.05) is 34.0 Å². The first-order valence-electron chi connectivity index (χ1n) is 8.97. The van der Waals surface area contributed by atoms with E-state index >= 15 is 0 Å². The average molecular weight is 424 g/mol. The first-order valence-corrected chi connectivity index (χ1v) is 10.2. The summed E-state index contributed by atoms with van der Waals surface area (Å²) < 4.78 is 14.4. The maximum absolute atomic E-state index is 12.9. The third-order valence-corrected chi connectivity index (χ3v) is 6.26. The van der Waals surface area contributed by atoms with Crippen molar-refractivity contribution in [3.05, 3.63) is 27.5 Å². The van der Waals surface area contributed by atoms with Crippen molar-refractivity contribution < 1.29 is 9.47 Å². The van der Waals surface area contributed by atoms with Crippen molar-refractivity contribution >= 4 is 45.6 Å². The first-order chi connectivity index (χ1) is 13.2. The van der Waals surface area contributed by atoms with Crippen molar-refractivity contribution in [3.63, 3.8) is 0 Å². The smallest absolute Gasteiger partial charge is 0.309 e. The highest BCUT2D eigenvalue weighted by Gasteiger charge is 2.54. The van der Waals surface area contributed by atoms with Gasteiger partial charge in [0, 0.05) is 20.0 Å². The Kier molecular flexibility index (Phi) is 4.81. The van der Waals surface area contributed by atoms with E-state index in [1.54, 1.807) is 15.8 Å². The third kappa shape index (κ3) is 3.26. The molecule has 2 aliphatic rings. The molecule has 8 nitrogen and oxygen atoms in total. The molecule has 28 heavy (non-hydrogen) atoms. The van der Waals surface area contributed by atoms with Gasteiger partial charge in [0.05, 0.1) is 18.5 Å². The van der Waals surface area contributed by atoms with Gasteiger partial charge in [0.15, 0.2) is 16.6 Å². The maximum Gasteiger partial charge on any atom is 0.309 e. The minimum atomic E-state index is -0.710. The molecule has 1 aliphatic carbocycles. The molecule has 2 aromatic heterocycles. The monoisotopic (exact) mass is 423 g/mol. The Morgan fingerprint density at radius 1 is 1.36 bits per heavy atom. The van der Waals surface area contributed by atoms with Gasteiger partial charge in [0.2, 0.25) is 0 Å². The predicted molar refractivity (Wildman–Crippen MR) is 110 cm³/mol. The zero-order valence-electron chi connectivity index (χ0n) is 16.1. The van der Waals surface area contributed by atoms with Gasteiger partial charge in [-0.25, -0.2) is 4.99 Å². The molecule has 2 aromatic rings. The Labute approximate surface area is 171 Å². The summed E-state index contributed by atoms with van der Waals surface area (Å²) in [5.74, 6) is -0.419. The fourth-order valence-corrected chi connectivity index (χ4v) is 5.00. The maximum atomic E-state index is 12.9. The van der Waals surface area contributed by atoms with Crippen LogP contribution in [0.4, 0.5) is 5.95 Å². The molecule has 2 fully saturated rings. The van der Waals surface area contributed by atoms with E-state index in [0.29, 0.717) is 16.8 Å². The zero-order chi connectivity index (χ0) is 20.2. The van der Waals surface area contributed by atoms with E-state index in [9.17, 15) is 4.79 Å². The SMILES string of the molecule is C=C[C@H]1C[C@@H](n2c(=O)sc3c(Cl)nc(N=CN(C)C)nc32)[C@@H]2OC(C)(C)O[C@@H]21. The fraction of sp³-hybridized carbons (Fsp3) is 0.556. The van der Waals surface area contributed by atoms with Crippen LogP contribution in [-0.2, 0) is 9.47 Å². The van der Waals surface area contributed by atoms with E-state index < -0.39 is 5.79 Å². The van der Waals surface area contributed by atoms with Gasteiger partial charge in [-0.2, -0.15) is 9.97 Å². The lowest BCUT2D eigenvalue weighted by atomic mass is 10.1. The molecule has 0 amide bonds. The Balaban J connectivity index is 1.83. The number of halogens is 1. The molecule has 10 heteroatoms. The van der Waals surface area contributed by atoms with Gasteiger partial charge in [-0.15, -0.1) is 6.58 Å². The molecule has 4 atom stereocenters. The lowest BCUT2D eigenvalue weighted by molar-refractivity contribution is -0.158. The summed E-state index contributed by atoms with van der Waals surface area (Å²) in [6.07, 6.45) is 3.72. The van der Waals surface area contributed by atoms with Crippen LogP contribution in [-0.4, -0.2) is 57.9 Å². The molecule has 0 unspecified atom stereocenters. The summed E-state index contributed by atoms with van der Waals surface area (Å²) in [6, 6.07) is -0.229. The Hall–Kier alpha value is -1.81. The Morgan fingerprint density at radius 3 is 2.75 bits per heavy atom. The van der Waals surface area contributed by atoms with Gasteiger partial charge in [-0.3, -0.25) is 9.36 Å². The van der Waals surface area contributed by atoms with E-state index in [4.69, 9.17) is 21.1 Å². The second kappa shape index (κ2) is 6.91. The number of thiazole rings is 1. The van der Waals surface area contributed by atoms with Crippen molar-refractivity contribution in [3.8, 4) is 0 Å². The molecule has 4 rings (SSSR count). The number of aromatic nitrogens is 3. The average Bonchev–Trinajstić information content (AvgIpc) is 3.21. The summed E-state index contributed by atoms with van der Waals surface area (Å²) in [4.78, 5) is 27.4. The molecule has 0 bridgehead atoms. The van der Waals surface area contributed by atoms with Crippen LogP contribution in [0, 0.1) is 5.92 Å². The van der Waals surface area contributed by atoms with Crippen molar-refractivity contribution in [1.82, 2.24) is 19.4 Å². The summed E-state index contributed by atoms with van der Waals surface area (Å²) in [7, 11) is 3.69. The first kappa shape index (κ1) is 19.5. The number of nitrogens with zero attached hydrogens (tertiary/aromatic N) is 5. The molecule has 0 spiro atoms. The van der Waals surface area contributed by atoms with E-state index in [1.165, 1.54) is 0 Å². The van der Waals surface area contributed by atoms with Crippen molar-refractivity contribution in [2.24, 2.45) is 10.9 Å². The van der Waals surface area contributed by atoms with Crippen LogP contribution in [0.25, 0.3) is 10.3 Å². The second-order valence-electron chi connectivity index (χ2n) is 7.68. The lowest BCUT2D eigenvalue weighted by Gasteiger charge is -2.23. The normalized spacial score (nSPS) is 28.9. The topological polar surface area (TPSA) is 81.8 Å². The van der Waals surface area contributed by atoms with Crippen LogP contribution < -0.4 is 4.87 Å². The van der Waals surface area contributed by atoms with Gasteiger partial charge in [0.1, 0.15) is 10.8 Å². The predicted octanol–water partition coefficient (Wildman–Crippen LogP) is 2.99. The largest absolute Gasteiger partial charge is 0.369 e. The lowest BCUT2D eigenvalue weighted by Crippen LogP contribution is -2.31. The Morgan fingerprint density at radius 2 is 2.07 bits per heavy atom. The van der Waals surface area contributed by atoms with Gasteiger partial charge in [-0.1, -0.05) is 29.0 Å². The van der Waals surface area contributed by atoms with Crippen LogP contribution >= 0.6 is 22.9 Å². The van der Waals surface area contributed by atoms with Crippen LogP contribution in [0.15, 0.2) is 22.4 Å². The number of hydrogen-bond donors (Lipinski definition) is 0. The summed E-state index contributed by atoms with van der Waals surface area (Å²) in [6.45, 7) is 7.69. The molecule has 0 N–H and O–H groups in total. The second-order valence-corrected chi connectivity index (χ2v) is 9.00. The zero-order valence-corrected chi connectivity index (χ0v) is 17.7. The molecule has 3 heterocycles. The van der Waals surface area contributed by atoms with Crippen LogP contribution in [0.2, 0.25) is 5.15 Å². The van der Waals surface area contributed by atoms with Crippen molar-refractivity contribution in [1.29, 1.82) is 0 Å². The molecular weight excluding hydrogens is 402 g/mol. The van der Waals surface area contributed by atoms with Gasteiger partial charge < -0.3 is 14.4 Å². The van der Waals surface area contributed by atoms with Crippen LogP contribution in [0.5, 0.6) is 0 Å². The van der Waals surface area contributed by atoms with E-state index in [-0.39, 0.29) is 40.1 Å². The summed E-state index contributed by atoms with van der Waals surface area (Å²) in [5.41, 5.74) is 0.475. The number of ether oxygens (including phenoxy) is 2. The minimum Gasteiger partial charge on any atom is -0.369 e. The molecule has 1 saturated heterocycles. The number of aliphatic imine (C=N–C) groups is 1. The highest BCUT2D eigenvalue weighted by atomic mass is 35.5. The number of rotatable bonds is 4. The summed E-state index contributed by atoms with van der Waals surface area (Å²) in [5, 5.41) is 0.218. The van der Waals surface area contributed by atoms with Crippen molar-refractivity contribution in [2.75, 3.05) is 14.1 Å². The van der Waals surface area contributed by atoms with Gasteiger partial charge in [-0.05, 0) is 20.3 Å². The third-order valence-electron chi connectivity index (χ3n) is 4.93.